The number of carbonyl (C=O) groups excluding carboxylic acids is 2. The van der Waals surface area contributed by atoms with Gasteiger partial charge in [-0.25, -0.2) is 23.1 Å². The lowest BCUT2D eigenvalue weighted by Gasteiger charge is -2.14. The molecule has 0 saturated heterocycles. The third-order valence-corrected chi connectivity index (χ3v) is 4.88. The van der Waals surface area contributed by atoms with Crippen LogP contribution in [0, 0.1) is 0 Å². The largest absolute Gasteiger partial charge is 0.508 e. The minimum Gasteiger partial charge on any atom is -0.467 e. The summed E-state index contributed by atoms with van der Waals surface area (Å²) in [6.45, 7) is -0.263. The number of halogens is 3. The maximum Gasteiger partial charge on any atom is 0.508 e. The number of benzene rings is 1. The van der Waals surface area contributed by atoms with Gasteiger partial charge in [-0.15, -0.1) is 24.8 Å². The number of sulfonamides is 1. The molecule has 1 aromatic carbocycles. The highest BCUT2D eigenvalue weighted by atomic mass is 35.5. The summed E-state index contributed by atoms with van der Waals surface area (Å²) in [5, 5.41) is 7.88. The Hall–Kier alpha value is -2.22. The summed E-state index contributed by atoms with van der Waals surface area (Å²) in [6, 6.07) is 5.62. The van der Waals surface area contributed by atoms with E-state index in [4.69, 9.17) is 36.4 Å². The molecule has 0 amide bonds. The van der Waals surface area contributed by atoms with Crippen molar-refractivity contribution in [1.82, 2.24) is 0 Å². The number of nitrogens with one attached hydrogen (secondary N) is 1. The predicted molar refractivity (Wildman–Crippen MR) is 120 cm³/mol. The second kappa shape index (κ2) is 14.0. The molecule has 0 radical (unpaired) electrons. The van der Waals surface area contributed by atoms with E-state index in [9.17, 15) is 18.0 Å². The van der Waals surface area contributed by atoms with Crippen LogP contribution in [0.3, 0.4) is 0 Å². The van der Waals surface area contributed by atoms with Gasteiger partial charge in [0.2, 0.25) is 10.0 Å². The maximum atomic E-state index is 12.5. The number of anilines is 1. The zero-order valence-electron chi connectivity index (χ0n) is 16.4. The van der Waals surface area contributed by atoms with E-state index in [0.29, 0.717) is 5.76 Å². The highest BCUT2D eigenvalue weighted by Crippen LogP contribution is 2.29. The Labute approximate surface area is 201 Å². The Balaban J connectivity index is 0.00000480. The molecule has 180 valence electrons. The summed E-state index contributed by atoms with van der Waals surface area (Å²) in [5.41, 5.74) is 5.24. The molecule has 0 atom stereocenters. The molecule has 0 spiro atoms. The first-order valence-electron chi connectivity index (χ1n) is 8.51. The second-order valence-electron chi connectivity index (χ2n) is 5.68. The lowest BCUT2D eigenvalue weighted by molar-refractivity contribution is 0.0238. The van der Waals surface area contributed by atoms with E-state index in [1.54, 1.807) is 12.1 Å². The molecule has 0 bridgehead atoms. The molecule has 32 heavy (non-hydrogen) atoms. The van der Waals surface area contributed by atoms with Crippen molar-refractivity contribution >= 4 is 64.3 Å². The Morgan fingerprint density at radius 2 is 1.75 bits per heavy atom. The topological polar surface area (TPSA) is 173 Å². The van der Waals surface area contributed by atoms with Gasteiger partial charge in [-0.1, -0.05) is 11.6 Å². The molecule has 0 aliphatic heterocycles. The number of furan rings is 1. The van der Waals surface area contributed by atoms with Crippen molar-refractivity contribution in [3.63, 3.8) is 0 Å². The van der Waals surface area contributed by atoms with E-state index in [-0.39, 0.29) is 74.0 Å². The van der Waals surface area contributed by atoms with Gasteiger partial charge in [-0.05, 0) is 24.3 Å². The SMILES string of the molecule is Cl.Cl.NCCOC(=O)OCCOC(=O)c1cc(S(N)(=O)=O)c(Cl)cc1NCc1ccco1. The quantitative estimate of drug-likeness (QED) is 0.303. The molecule has 0 aliphatic rings. The number of primary sulfonamides is 1. The lowest BCUT2D eigenvalue weighted by atomic mass is 10.1. The number of carbonyl (C=O) groups is 2. The van der Waals surface area contributed by atoms with E-state index in [2.05, 4.69) is 10.1 Å². The van der Waals surface area contributed by atoms with Crippen LogP contribution in [0.4, 0.5) is 10.5 Å². The van der Waals surface area contributed by atoms with E-state index in [1.807, 2.05) is 0 Å². The van der Waals surface area contributed by atoms with Gasteiger partial charge >= 0.3 is 12.1 Å². The van der Waals surface area contributed by atoms with Gasteiger partial charge < -0.3 is 29.7 Å². The minimum atomic E-state index is -4.19. The lowest BCUT2D eigenvalue weighted by Crippen LogP contribution is -2.19. The summed E-state index contributed by atoms with van der Waals surface area (Å²) in [4.78, 5) is 23.2. The fraction of sp³-hybridized carbons (Fsp3) is 0.294. The number of hydrogen-bond donors (Lipinski definition) is 3. The van der Waals surface area contributed by atoms with Crippen LogP contribution in [0.5, 0.6) is 0 Å². The Bertz CT molecular complexity index is 987. The molecule has 1 aromatic heterocycles. The summed E-state index contributed by atoms with van der Waals surface area (Å²) in [6.07, 6.45) is 0.516. The molecule has 0 unspecified atom stereocenters. The van der Waals surface area contributed by atoms with Gasteiger partial charge in [-0.2, -0.15) is 0 Å². The standard InChI is InChI=1S/C17H20ClN3O8S.2ClH/c18-13-9-14(21-10-11-2-1-4-26-11)12(8-15(13)30(20,24)25)16(22)27-6-7-29-17(23)28-5-3-19;;/h1-2,4,8-9,21H,3,5-7,10,19H2,(H2,20,24,25);2*1H. The molecule has 0 saturated carbocycles. The average Bonchev–Trinajstić information content (AvgIpc) is 3.20. The highest BCUT2D eigenvalue weighted by molar-refractivity contribution is 7.89. The number of ether oxygens (including phenoxy) is 3. The molecular formula is C17H22Cl3N3O8S. The molecule has 0 fully saturated rings. The first-order valence-corrected chi connectivity index (χ1v) is 10.4. The van der Waals surface area contributed by atoms with Crippen LogP contribution in [0.15, 0.2) is 39.8 Å². The number of esters is 1. The van der Waals surface area contributed by atoms with Crippen molar-refractivity contribution in [1.29, 1.82) is 0 Å². The first-order chi connectivity index (χ1) is 14.2. The fourth-order valence-electron chi connectivity index (χ4n) is 2.20. The molecule has 5 N–H and O–H groups in total. The molecule has 2 aromatic rings. The zero-order chi connectivity index (χ0) is 22.1. The fourth-order valence-corrected chi connectivity index (χ4v) is 3.30. The Kier molecular flexibility index (Phi) is 13.1. The molecule has 15 heteroatoms. The highest BCUT2D eigenvalue weighted by Gasteiger charge is 2.22. The smallest absolute Gasteiger partial charge is 0.467 e. The van der Waals surface area contributed by atoms with Crippen LogP contribution in [-0.4, -0.2) is 46.9 Å². The van der Waals surface area contributed by atoms with Crippen molar-refractivity contribution < 1.29 is 36.6 Å². The van der Waals surface area contributed by atoms with Crippen molar-refractivity contribution in [2.75, 3.05) is 31.7 Å². The van der Waals surface area contributed by atoms with Gasteiger partial charge in [0.1, 0.15) is 30.5 Å². The van der Waals surface area contributed by atoms with Crippen LogP contribution in [0.2, 0.25) is 5.02 Å². The van der Waals surface area contributed by atoms with E-state index < -0.39 is 27.0 Å². The summed E-state index contributed by atoms with van der Waals surface area (Å²) < 4.78 is 43.0. The molecule has 2 rings (SSSR count). The summed E-state index contributed by atoms with van der Waals surface area (Å²) in [7, 11) is -4.19. The summed E-state index contributed by atoms with van der Waals surface area (Å²) >= 11 is 6.00. The van der Waals surface area contributed by atoms with Crippen LogP contribution in [-0.2, 0) is 30.8 Å². The van der Waals surface area contributed by atoms with Crippen molar-refractivity contribution in [3.8, 4) is 0 Å². The average molecular weight is 535 g/mol. The van der Waals surface area contributed by atoms with Crippen LogP contribution < -0.4 is 16.2 Å². The Morgan fingerprint density at radius 3 is 2.34 bits per heavy atom. The Morgan fingerprint density at radius 1 is 1.09 bits per heavy atom. The van der Waals surface area contributed by atoms with Crippen LogP contribution in [0.1, 0.15) is 16.1 Å². The van der Waals surface area contributed by atoms with E-state index in [1.165, 1.54) is 12.3 Å². The number of hydrogen-bond acceptors (Lipinski definition) is 10. The molecular weight excluding hydrogens is 513 g/mol. The van der Waals surface area contributed by atoms with E-state index in [0.717, 1.165) is 6.07 Å². The van der Waals surface area contributed by atoms with Gasteiger partial charge in [-0.3, -0.25) is 0 Å². The van der Waals surface area contributed by atoms with Gasteiger partial charge in [0, 0.05) is 6.54 Å². The minimum absolute atomic E-state index is 0. The normalized spacial score (nSPS) is 10.3. The van der Waals surface area contributed by atoms with Crippen LogP contribution in [0.25, 0.3) is 0 Å². The number of nitrogens with two attached hydrogens (primary N) is 2. The van der Waals surface area contributed by atoms with E-state index >= 15 is 0 Å². The number of rotatable bonds is 10. The second-order valence-corrected chi connectivity index (χ2v) is 7.61. The van der Waals surface area contributed by atoms with Gasteiger partial charge in [0.25, 0.3) is 0 Å². The van der Waals surface area contributed by atoms with Crippen molar-refractivity contribution in [3.05, 3.63) is 46.9 Å². The predicted octanol–water partition coefficient (Wildman–Crippen LogP) is 2.30. The van der Waals surface area contributed by atoms with Crippen LogP contribution >= 0.6 is 36.4 Å². The zero-order valence-corrected chi connectivity index (χ0v) is 19.7. The van der Waals surface area contributed by atoms with Gasteiger partial charge in [0.15, 0.2) is 0 Å². The molecule has 11 nitrogen and oxygen atoms in total. The van der Waals surface area contributed by atoms with Crippen molar-refractivity contribution in [2.24, 2.45) is 10.9 Å². The molecule has 0 aliphatic carbocycles. The van der Waals surface area contributed by atoms with Gasteiger partial charge in [0.05, 0.1) is 29.1 Å². The first kappa shape index (κ1) is 29.8. The third-order valence-electron chi connectivity index (χ3n) is 3.51. The monoisotopic (exact) mass is 533 g/mol. The van der Waals surface area contributed by atoms with Crippen molar-refractivity contribution in [2.45, 2.75) is 11.4 Å². The maximum absolute atomic E-state index is 12.5. The molecule has 1 heterocycles. The summed E-state index contributed by atoms with van der Waals surface area (Å²) in [5.74, 6) is -0.331. The third kappa shape index (κ3) is 9.10.